The predicted molar refractivity (Wildman–Crippen MR) is 191 cm³/mol. The second-order valence-electron chi connectivity index (χ2n) is 12.4. The number of aromatic amines is 1. The number of imidazole rings is 1. The molecule has 5 aromatic rings. The van der Waals surface area contributed by atoms with E-state index in [0.717, 1.165) is 16.7 Å². The monoisotopic (exact) mass is 711 g/mol. The van der Waals surface area contributed by atoms with Crippen LogP contribution in [0.2, 0.25) is 5.02 Å². The Bertz CT molecular complexity index is 2120. The van der Waals surface area contributed by atoms with Gasteiger partial charge in [-0.25, -0.2) is 17.8 Å². The highest BCUT2D eigenvalue weighted by Gasteiger charge is 2.39. The summed E-state index contributed by atoms with van der Waals surface area (Å²) in [4.78, 5) is 25.2. The Labute approximate surface area is 295 Å². The van der Waals surface area contributed by atoms with Gasteiger partial charge in [0.15, 0.2) is 0 Å². The van der Waals surface area contributed by atoms with E-state index in [4.69, 9.17) is 16.3 Å². The van der Waals surface area contributed by atoms with Crippen LogP contribution in [0.1, 0.15) is 34.8 Å². The van der Waals surface area contributed by atoms with Gasteiger partial charge in [0.25, 0.3) is 0 Å². The molecule has 1 N–H and O–H groups in total. The molecule has 1 fully saturated rings. The van der Waals surface area contributed by atoms with E-state index in [2.05, 4.69) is 9.97 Å². The van der Waals surface area contributed by atoms with E-state index in [0.29, 0.717) is 34.3 Å². The summed E-state index contributed by atoms with van der Waals surface area (Å²) < 4.78 is 45.6. The summed E-state index contributed by atoms with van der Waals surface area (Å²) in [5, 5.41) is 9.67. The first-order valence-corrected chi connectivity index (χ1v) is 18.5. The third-order valence-electron chi connectivity index (χ3n) is 8.81. The number of H-pyrrole nitrogens is 1. The van der Waals surface area contributed by atoms with Gasteiger partial charge in [-0.3, -0.25) is 9.69 Å². The molecule has 0 aliphatic carbocycles. The molecule has 0 bridgehead atoms. The second kappa shape index (κ2) is 15.3. The Morgan fingerprint density at radius 1 is 1.06 bits per heavy atom. The van der Waals surface area contributed by atoms with Crippen molar-refractivity contribution in [3.8, 4) is 22.9 Å². The third-order valence-corrected chi connectivity index (χ3v) is 10.0. The molecule has 1 saturated heterocycles. The maximum atomic E-state index is 14.7. The average Bonchev–Trinajstić information content (AvgIpc) is 3.64. The lowest BCUT2D eigenvalue weighted by Crippen LogP contribution is -2.58. The molecule has 12 heteroatoms. The van der Waals surface area contributed by atoms with Gasteiger partial charge in [0.05, 0.1) is 41.6 Å². The summed E-state index contributed by atoms with van der Waals surface area (Å²) in [6.45, 7) is 0.522. The number of hydrogen-bond acceptors (Lipinski definition) is 7. The van der Waals surface area contributed by atoms with E-state index in [1.807, 2.05) is 71.6 Å². The fraction of sp³-hybridized carbons (Fsp3) is 0.237. The van der Waals surface area contributed by atoms with Crippen LogP contribution in [0.3, 0.4) is 0 Å². The number of nitrogens with one attached hydrogen (secondary N) is 1. The van der Waals surface area contributed by atoms with Gasteiger partial charge in [-0.15, -0.1) is 0 Å². The van der Waals surface area contributed by atoms with E-state index in [9.17, 15) is 22.9 Å². The summed E-state index contributed by atoms with van der Waals surface area (Å²) in [6, 6.07) is 28.3. The number of carbonyl (C=O) groups excluding carboxylic acids is 1. The summed E-state index contributed by atoms with van der Waals surface area (Å²) in [5.41, 5.74) is 4.46. The Hall–Kier alpha value is -5.02. The van der Waals surface area contributed by atoms with E-state index < -0.39 is 27.7 Å². The number of nitrogens with zero attached hydrogens (tertiary/aromatic N) is 4. The fourth-order valence-corrected chi connectivity index (χ4v) is 7.18. The van der Waals surface area contributed by atoms with Crippen molar-refractivity contribution in [3.63, 3.8) is 0 Å². The molecule has 4 aromatic carbocycles. The van der Waals surface area contributed by atoms with Crippen LogP contribution in [-0.2, 0) is 27.7 Å². The maximum Gasteiger partial charge on any atom is 0.241 e. The number of nitriles is 1. The molecule has 1 aliphatic heterocycles. The number of aromatic nitrogens is 2. The largest absolute Gasteiger partial charge is 0.489 e. The summed E-state index contributed by atoms with van der Waals surface area (Å²) in [6.07, 6.45) is 4.90. The minimum absolute atomic E-state index is 0.0525. The van der Waals surface area contributed by atoms with Crippen LogP contribution in [0.25, 0.3) is 11.1 Å². The first kappa shape index (κ1) is 34.8. The Morgan fingerprint density at radius 2 is 1.88 bits per heavy atom. The number of ether oxygens (including phenoxy) is 1. The smallest absolute Gasteiger partial charge is 0.241 e. The van der Waals surface area contributed by atoms with Crippen LogP contribution in [0.15, 0.2) is 104 Å². The molecule has 1 aliphatic rings. The van der Waals surface area contributed by atoms with Crippen LogP contribution in [0.4, 0.5) is 10.1 Å². The highest BCUT2D eigenvalue weighted by atomic mass is 35.5. The lowest BCUT2D eigenvalue weighted by molar-refractivity contribution is -0.123. The zero-order valence-electron chi connectivity index (χ0n) is 27.3. The summed E-state index contributed by atoms with van der Waals surface area (Å²) in [5.74, 6) is -0.279. The molecule has 0 radical (unpaired) electrons. The molecule has 50 heavy (non-hydrogen) atoms. The van der Waals surface area contributed by atoms with Crippen molar-refractivity contribution in [1.29, 1.82) is 5.26 Å². The zero-order chi connectivity index (χ0) is 35.3. The van der Waals surface area contributed by atoms with Crippen molar-refractivity contribution in [1.82, 2.24) is 14.9 Å². The van der Waals surface area contributed by atoms with Crippen molar-refractivity contribution in [2.45, 2.75) is 31.5 Å². The minimum Gasteiger partial charge on any atom is -0.489 e. The zero-order valence-corrected chi connectivity index (χ0v) is 28.9. The van der Waals surface area contributed by atoms with Gasteiger partial charge in [0, 0.05) is 35.6 Å². The van der Waals surface area contributed by atoms with Crippen molar-refractivity contribution >= 4 is 33.0 Å². The highest BCUT2D eigenvalue weighted by Crippen LogP contribution is 2.38. The third kappa shape index (κ3) is 8.40. The molecule has 6 rings (SSSR count). The molecule has 1 unspecified atom stereocenters. The molecular formula is C38H35ClFN5O4S. The van der Waals surface area contributed by atoms with Gasteiger partial charge in [0.1, 0.15) is 34.1 Å². The molecule has 2 heterocycles. The number of amides is 1. The van der Waals surface area contributed by atoms with Gasteiger partial charge in [-0.2, -0.15) is 5.26 Å². The number of halogens is 2. The molecule has 2 atom stereocenters. The van der Waals surface area contributed by atoms with Crippen LogP contribution < -0.4 is 9.64 Å². The fourth-order valence-electron chi connectivity index (χ4n) is 6.31. The van der Waals surface area contributed by atoms with E-state index in [1.165, 1.54) is 24.7 Å². The molecule has 0 saturated carbocycles. The molecule has 1 aromatic heterocycles. The van der Waals surface area contributed by atoms with Crippen LogP contribution in [0, 0.1) is 17.1 Å². The predicted octanol–water partition coefficient (Wildman–Crippen LogP) is 6.76. The van der Waals surface area contributed by atoms with Gasteiger partial charge in [0.2, 0.25) is 5.91 Å². The standard InChI is InChI=1S/C38H35ClFN5O4S/c1-50(47,48)15-14-31-22-45(38(46)23-44(31)37(35-21-42-25-43-35)17-27-10-11-29(20-41)34(40)16-27)36-19-30(39)12-13-33(36)28-8-5-9-32(18-28)49-24-26-6-3-2-4-7-26/h2-13,16,18-19,21,25,31,37H,14-15,17,22-24H2,1H3,(H,42,43)/t31?,37-/m0/s1. The summed E-state index contributed by atoms with van der Waals surface area (Å²) >= 11 is 6.53. The Balaban J connectivity index is 1.33. The van der Waals surface area contributed by atoms with Crippen molar-refractivity contribution in [2.24, 2.45) is 0 Å². The Morgan fingerprint density at radius 3 is 2.60 bits per heavy atom. The van der Waals surface area contributed by atoms with Crippen LogP contribution in [-0.4, -0.2) is 60.3 Å². The number of anilines is 1. The topological polar surface area (TPSA) is 119 Å². The summed E-state index contributed by atoms with van der Waals surface area (Å²) in [7, 11) is -3.35. The minimum atomic E-state index is -3.35. The lowest BCUT2D eigenvalue weighted by Gasteiger charge is -2.45. The van der Waals surface area contributed by atoms with Gasteiger partial charge in [-0.1, -0.05) is 66.2 Å². The molecule has 0 spiro atoms. The van der Waals surface area contributed by atoms with Crippen molar-refractivity contribution in [2.75, 3.05) is 30.0 Å². The van der Waals surface area contributed by atoms with E-state index in [1.54, 1.807) is 29.3 Å². The van der Waals surface area contributed by atoms with Crippen LogP contribution >= 0.6 is 11.6 Å². The number of carbonyl (C=O) groups is 1. The lowest BCUT2D eigenvalue weighted by atomic mass is 9.96. The molecule has 256 valence electrons. The highest BCUT2D eigenvalue weighted by molar-refractivity contribution is 7.90. The number of hydrogen-bond donors (Lipinski definition) is 1. The molecule has 1 amide bonds. The van der Waals surface area contributed by atoms with Crippen molar-refractivity contribution < 1.29 is 22.3 Å². The average molecular weight is 712 g/mol. The number of benzene rings is 4. The maximum absolute atomic E-state index is 14.7. The Kier molecular flexibility index (Phi) is 10.6. The van der Waals surface area contributed by atoms with Gasteiger partial charge < -0.3 is 14.6 Å². The number of sulfone groups is 1. The van der Waals surface area contributed by atoms with E-state index >= 15 is 0 Å². The quantitative estimate of drug-likeness (QED) is 0.152. The van der Waals surface area contributed by atoms with Crippen LogP contribution in [0.5, 0.6) is 5.75 Å². The molecule has 9 nitrogen and oxygen atoms in total. The normalized spacial score (nSPS) is 15.8. The van der Waals surface area contributed by atoms with Crippen molar-refractivity contribution in [3.05, 3.63) is 137 Å². The molecular weight excluding hydrogens is 677 g/mol. The van der Waals surface area contributed by atoms with Gasteiger partial charge in [-0.05, 0) is 65.9 Å². The van der Waals surface area contributed by atoms with E-state index in [-0.39, 0.29) is 43.2 Å². The number of rotatable bonds is 12. The first-order chi connectivity index (χ1) is 24.1. The SMILES string of the molecule is CS(=O)(=O)CCC1CN(c2cc(Cl)ccc2-c2cccc(OCc3ccccc3)c2)C(=O)CN1[C@@H](Cc1ccc(C#N)c(F)c1)c1cnc[nH]1. The second-order valence-corrected chi connectivity index (χ2v) is 15.1. The number of piperazine rings is 1. The first-order valence-electron chi connectivity index (χ1n) is 16.1. The van der Waals surface area contributed by atoms with Gasteiger partial charge >= 0.3 is 0 Å².